The number of halogens is 3. The third-order valence-corrected chi connectivity index (χ3v) is 4.55. The van der Waals surface area contributed by atoms with Crippen molar-refractivity contribution in [3.8, 4) is 11.4 Å². The quantitative estimate of drug-likeness (QED) is 0.736. The van der Waals surface area contributed by atoms with Crippen molar-refractivity contribution in [2.75, 3.05) is 0 Å². The van der Waals surface area contributed by atoms with Crippen LogP contribution in [-0.4, -0.2) is 22.6 Å². The van der Waals surface area contributed by atoms with E-state index in [4.69, 9.17) is 0 Å². The number of hydrogen-bond acceptors (Lipinski definition) is 4. The Bertz CT molecular complexity index is 949. The second-order valence-electron chi connectivity index (χ2n) is 4.50. The summed E-state index contributed by atoms with van der Waals surface area (Å²) < 4.78 is 65.4. The fraction of sp³-hybridized carbons (Fsp3) is 0. The summed E-state index contributed by atoms with van der Waals surface area (Å²) in [7, 11) is -4.14. The van der Waals surface area contributed by atoms with E-state index in [0.717, 1.165) is 42.7 Å². The molecule has 0 unspecified atom stereocenters. The van der Waals surface area contributed by atoms with Crippen LogP contribution < -0.4 is 0 Å². The highest BCUT2D eigenvalue weighted by atomic mass is 32.2. The summed E-state index contributed by atoms with van der Waals surface area (Å²) in [6, 6.07) is 7.23. The van der Waals surface area contributed by atoms with Crippen LogP contribution in [0, 0.1) is 17.5 Å². The molecule has 0 amide bonds. The Morgan fingerprint density at radius 2 is 1.52 bits per heavy atom. The molecule has 9 heteroatoms. The molecule has 0 bridgehead atoms. The Hall–Kier alpha value is -2.68. The minimum atomic E-state index is -4.14. The van der Waals surface area contributed by atoms with E-state index < -0.39 is 38.9 Å². The smallest absolute Gasteiger partial charge is 0.214 e. The first-order chi connectivity index (χ1) is 10.9. The molecule has 1 heterocycles. The zero-order valence-electron chi connectivity index (χ0n) is 11.3. The van der Waals surface area contributed by atoms with Gasteiger partial charge in [-0.15, -0.1) is 9.19 Å². The van der Waals surface area contributed by atoms with Crippen LogP contribution in [0.15, 0.2) is 53.7 Å². The molecule has 0 saturated heterocycles. The van der Waals surface area contributed by atoms with Gasteiger partial charge in [0.05, 0.1) is 10.5 Å². The van der Waals surface area contributed by atoms with Crippen molar-refractivity contribution >= 4 is 10.0 Å². The SMILES string of the molecule is O=S(=O)(c1ccc(F)cc1)n1cnc(-c2c(F)cccc2F)n1. The maximum atomic E-state index is 13.7. The van der Waals surface area contributed by atoms with Gasteiger partial charge < -0.3 is 0 Å². The van der Waals surface area contributed by atoms with E-state index in [1.165, 1.54) is 6.07 Å². The Kier molecular flexibility index (Phi) is 3.64. The van der Waals surface area contributed by atoms with E-state index in [1.54, 1.807) is 0 Å². The van der Waals surface area contributed by atoms with Crippen LogP contribution in [0.4, 0.5) is 13.2 Å². The van der Waals surface area contributed by atoms with Crippen molar-refractivity contribution in [2.45, 2.75) is 4.90 Å². The zero-order chi connectivity index (χ0) is 16.6. The Morgan fingerprint density at radius 1 is 0.913 bits per heavy atom. The third kappa shape index (κ3) is 2.70. The molecule has 1 aromatic heterocycles. The maximum absolute atomic E-state index is 13.7. The van der Waals surface area contributed by atoms with E-state index in [0.29, 0.717) is 4.09 Å². The predicted molar refractivity (Wildman–Crippen MR) is 74.4 cm³/mol. The maximum Gasteiger partial charge on any atom is 0.284 e. The van der Waals surface area contributed by atoms with Crippen molar-refractivity contribution < 1.29 is 21.6 Å². The minimum absolute atomic E-state index is 0.232. The number of hydrogen-bond donors (Lipinski definition) is 0. The van der Waals surface area contributed by atoms with Crippen LogP contribution in [0.5, 0.6) is 0 Å². The van der Waals surface area contributed by atoms with Gasteiger partial charge >= 0.3 is 0 Å². The molecule has 3 rings (SSSR count). The molecule has 0 fully saturated rings. The average molecular weight is 339 g/mol. The number of aromatic nitrogens is 3. The molecule has 0 aliphatic carbocycles. The van der Waals surface area contributed by atoms with Gasteiger partial charge in [-0.3, -0.25) is 0 Å². The molecular weight excluding hydrogens is 331 g/mol. The van der Waals surface area contributed by atoms with Crippen LogP contribution in [0.3, 0.4) is 0 Å². The topological polar surface area (TPSA) is 64.8 Å². The molecule has 5 nitrogen and oxygen atoms in total. The van der Waals surface area contributed by atoms with Crippen molar-refractivity contribution in [3.05, 3.63) is 66.2 Å². The normalized spacial score (nSPS) is 11.6. The van der Waals surface area contributed by atoms with Gasteiger partial charge in [-0.1, -0.05) is 6.07 Å². The highest BCUT2D eigenvalue weighted by Gasteiger charge is 2.22. The fourth-order valence-electron chi connectivity index (χ4n) is 1.91. The Morgan fingerprint density at radius 3 is 2.13 bits per heavy atom. The van der Waals surface area contributed by atoms with Gasteiger partial charge in [0.25, 0.3) is 10.0 Å². The first-order valence-corrected chi connectivity index (χ1v) is 7.71. The summed E-state index contributed by atoms with van der Waals surface area (Å²) >= 11 is 0. The third-order valence-electron chi connectivity index (χ3n) is 3.02. The molecule has 118 valence electrons. The largest absolute Gasteiger partial charge is 0.284 e. The summed E-state index contributed by atoms with van der Waals surface area (Å²) in [6.07, 6.45) is 0.819. The van der Waals surface area contributed by atoms with E-state index in [2.05, 4.69) is 10.1 Å². The number of nitrogens with zero attached hydrogens (tertiary/aromatic N) is 3. The predicted octanol–water partition coefficient (Wildman–Crippen LogP) is 2.60. The van der Waals surface area contributed by atoms with E-state index >= 15 is 0 Å². The van der Waals surface area contributed by atoms with Gasteiger partial charge in [0, 0.05) is 0 Å². The lowest BCUT2D eigenvalue weighted by Gasteiger charge is -2.03. The molecule has 0 saturated carbocycles. The van der Waals surface area contributed by atoms with Gasteiger partial charge in [0.15, 0.2) is 5.82 Å². The lowest BCUT2D eigenvalue weighted by atomic mass is 10.2. The first kappa shape index (κ1) is 15.2. The van der Waals surface area contributed by atoms with Crippen molar-refractivity contribution in [1.82, 2.24) is 14.2 Å². The molecule has 3 aromatic rings. The van der Waals surface area contributed by atoms with Gasteiger partial charge in [0.1, 0.15) is 23.8 Å². The Balaban J connectivity index is 2.07. The lowest BCUT2D eigenvalue weighted by molar-refractivity contribution is 0.576. The summed E-state index contributed by atoms with van der Waals surface area (Å²) in [5, 5.41) is 3.62. The van der Waals surface area contributed by atoms with Crippen LogP contribution in [0.1, 0.15) is 0 Å². The molecule has 0 N–H and O–H groups in total. The van der Waals surface area contributed by atoms with E-state index in [9.17, 15) is 21.6 Å². The van der Waals surface area contributed by atoms with Crippen LogP contribution >= 0.6 is 0 Å². The summed E-state index contributed by atoms with van der Waals surface area (Å²) in [5.41, 5.74) is -0.527. The number of benzene rings is 2. The second-order valence-corrected chi connectivity index (χ2v) is 6.29. The molecule has 0 atom stereocenters. The standard InChI is InChI=1S/C14H8F3N3O2S/c15-9-4-6-10(7-5-9)23(21,22)20-8-18-14(19-20)13-11(16)2-1-3-12(13)17/h1-8H. The summed E-state index contributed by atoms with van der Waals surface area (Å²) in [5.74, 6) is -2.84. The van der Waals surface area contributed by atoms with Crippen molar-refractivity contribution in [1.29, 1.82) is 0 Å². The van der Waals surface area contributed by atoms with Gasteiger partial charge in [-0.05, 0) is 36.4 Å². The van der Waals surface area contributed by atoms with Crippen molar-refractivity contribution in [2.24, 2.45) is 0 Å². The highest BCUT2D eigenvalue weighted by molar-refractivity contribution is 7.89. The summed E-state index contributed by atoms with van der Waals surface area (Å²) in [4.78, 5) is 3.40. The van der Waals surface area contributed by atoms with E-state index in [1.807, 2.05) is 0 Å². The van der Waals surface area contributed by atoms with Crippen molar-refractivity contribution in [3.63, 3.8) is 0 Å². The molecule has 23 heavy (non-hydrogen) atoms. The molecule has 0 radical (unpaired) electrons. The minimum Gasteiger partial charge on any atom is -0.214 e. The average Bonchev–Trinajstić information content (AvgIpc) is 2.98. The van der Waals surface area contributed by atoms with Crippen LogP contribution in [0.25, 0.3) is 11.4 Å². The molecule has 0 aliphatic rings. The number of rotatable bonds is 3. The van der Waals surface area contributed by atoms with Gasteiger partial charge in [-0.2, -0.15) is 8.42 Å². The molecule has 2 aromatic carbocycles. The zero-order valence-corrected chi connectivity index (χ0v) is 12.1. The van der Waals surface area contributed by atoms with Crippen LogP contribution in [0.2, 0.25) is 0 Å². The van der Waals surface area contributed by atoms with E-state index in [-0.39, 0.29) is 4.90 Å². The monoisotopic (exact) mass is 339 g/mol. The van der Waals surface area contributed by atoms with Crippen LogP contribution in [-0.2, 0) is 10.0 Å². The lowest BCUT2D eigenvalue weighted by Crippen LogP contribution is -2.13. The second kappa shape index (κ2) is 5.51. The van der Waals surface area contributed by atoms with Gasteiger partial charge in [-0.25, -0.2) is 18.2 Å². The molecule has 0 aliphatic heterocycles. The fourth-order valence-corrected chi connectivity index (χ4v) is 2.96. The van der Waals surface area contributed by atoms with Gasteiger partial charge in [0.2, 0.25) is 0 Å². The molecule has 0 spiro atoms. The summed E-state index contributed by atoms with van der Waals surface area (Å²) in [6.45, 7) is 0. The highest BCUT2D eigenvalue weighted by Crippen LogP contribution is 2.23. The Labute approximate surface area is 129 Å². The molecular formula is C14H8F3N3O2S. The first-order valence-electron chi connectivity index (χ1n) is 6.27.